The Morgan fingerprint density at radius 2 is 2.21 bits per heavy atom. The minimum atomic E-state index is 0.735. The van der Waals surface area contributed by atoms with Crippen molar-refractivity contribution in [3.63, 3.8) is 0 Å². The molecule has 0 heterocycles. The predicted octanol–water partition coefficient (Wildman–Crippen LogP) is 4.87. The lowest BCUT2D eigenvalue weighted by atomic mass is 10.1. The van der Waals surface area contributed by atoms with Gasteiger partial charge in [-0.3, -0.25) is 9.41 Å². The highest BCUT2D eigenvalue weighted by Crippen LogP contribution is 2.26. The van der Waals surface area contributed by atoms with Crippen LogP contribution in [-0.4, -0.2) is 12.3 Å². The lowest BCUT2D eigenvalue weighted by Crippen LogP contribution is -2.10. The number of nitrogens with zero attached hydrogens (tertiary/aromatic N) is 2. The minimum absolute atomic E-state index is 0.735. The van der Waals surface area contributed by atoms with Gasteiger partial charge in [0.25, 0.3) is 0 Å². The van der Waals surface area contributed by atoms with Gasteiger partial charge in [0.15, 0.2) is 0 Å². The minimum Gasteiger partial charge on any atom is -0.285 e. The number of aryl methyl sites for hydroxylation is 1. The molecule has 0 saturated heterocycles. The van der Waals surface area contributed by atoms with Crippen molar-refractivity contribution in [1.82, 2.24) is 0 Å². The molecule has 0 saturated carbocycles. The smallest absolute Gasteiger partial charge is 0.0659 e. The first kappa shape index (κ1) is 15.6. The molecule has 0 N–H and O–H groups in total. The fraction of sp³-hybridized carbons (Fsp3) is 0.438. The molecule has 0 aliphatic heterocycles. The van der Waals surface area contributed by atoms with Gasteiger partial charge in [-0.05, 0) is 50.5 Å². The molecule has 0 bridgehead atoms. The van der Waals surface area contributed by atoms with Crippen LogP contribution in [0, 0.1) is 19.3 Å². The van der Waals surface area contributed by atoms with E-state index < -0.39 is 0 Å². The van der Waals surface area contributed by atoms with Crippen molar-refractivity contribution in [1.29, 1.82) is 0 Å². The first-order valence-electron chi connectivity index (χ1n) is 6.60. The SMILES string of the molecule is C#CCCC(C)=Nc1ccc(N(Cl)CCC)cc1C. The summed E-state index contributed by atoms with van der Waals surface area (Å²) in [4.78, 5) is 4.60. The van der Waals surface area contributed by atoms with E-state index in [-0.39, 0.29) is 0 Å². The van der Waals surface area contributed by atoms with Gasteiger partial charge in [0.2, 0.25) is 0 Å². The van der Waals surface area contributed by atoms with Crippen LogP contribution in [0.15, 0.2) is 23.2 Å². The highest BCUT2D eigenvalue weighted by Gasteiger charge is 2.05. The zero-order valence-corrected chi connectivity index (χ0v) is 12.7. The van der Waals surface area contributed by atoms with Crippen molar-refractivity contribution in [2.75, 3.05) is 11.0 Å². The third-order valence-electron chi connectivity index (χ3n) is 2.82. The second kappa shape index (κ2) is 7.86. The largest absolute Gasteiger partial charge is 0.285 e. The summed E-state index contributed by atoms with van der Waals surface area (Å²) in [6, 6.07) is 6.08. The Morgan fingerprint density at radius 3 is 2.79 bits per heavy atom. The lowest BCUT2D eigenvalue weighted by Gasteiger charge is -2.16. The van der Waals surface area contributed by atoms with E-state index >= 15 is 0 Å². The van der Waals surface area contributed by atoms with Crippen molar-refractivity contribution in [3.05, 3.63) is 23.8 Å². The van der Waals surface area contributed by atoms with Gasteiger partial charge in [-0.2, -0.15) is 0 Å². The number of benzene rings is 1. The Bertz CT molecular complexity index is 486. The second-order valence-electron chi connectivity index (χ2n) is 4.61. The molecule has 0 aliphatic rings. The van der Waals surface area contributed by atoms with Crippen molar-refractivity contribution < 1.29 is 0 Å². The van der Waals surface area contributed by atoms with E-state index in [0.717, 1.165) is 48.5 Å². The van der Waals surface area contributed by atoms with Gasteiger partial charge < -0.3 is 0 Å². The number of rotatable bonds is 6. The first-order chi connectivity index (χ1) is 9.08. The van der Waals surface area contributed by atoms with Crippen LogP contribution in [-0.2, 0) is 0 Å². The Kier molecular flexibility index (Phi) is 6.45. The molecule has 1 rings (SSSR count). The van der Waals surface area contributed by atoms with Crippen LogP contribution in [0.25, 0.3) is 0 Å². The quantitative estimate of drug-likeness (QED) is 0.411. The summed E-state index contributed by atoms with van der Waals surface area (Å²) in [6.45, 7) is 7.00. The molecular weight excluding hydrogens is 256 g/mol. The summed E-state index contributed by atoms with van der Waals surface area (Å²) < 4.78 is 1.74. The molecule has 0 atom stereocenters. The van der Waals surface area contributed by atoms with Gasteiger partial charge in [-0.25, -0.2) is 0 Å². The number of hydrogen-bond acceptors (Lipinski definition) is 2. The normalized spacial score (nSPS) is 11.2. The van der Waals surface area contributed by atoms with E-state index in [0.29, 0.717) is 0 Å². The van der Waals surface area contributed by atoms with Gasteiger partial charge in [-0.15, -0.1) is 12.3 Å². The van der Waals surface area contributed by atoms with E-state index in [4.69, 9.17) is 18.2 Å². The average molecular weight is 277 g/mol. The maximum absolute atomic E-state index is 6.18. The average Bonchev–Trinajstić information content (AvgIpc) is 2.39. The molecule has 0 amide bonds. The number of anilines is 1. The van der Waals surface area contributed by atoms with Gasteiger partial charge >= 0.3 is 0 Å². The molecule has 1 aromatic rings. The summed E-state index contributed by atoms with van der Waals surface area (Å²) in [7, 11) is 0. The fourth-order valence-corrected chi connectivity index (χ4v) is 2.03. The highest BCUT2D eigenvalue weighted by atomic mass is 35.5. The lowest BCUT2D eigenvalue weighted by molar-refractivity contribution is 0.923. The third-order valence-corrected chi connectivity index (χ3v) is 3.19. The van der Waals surface area contributed by atoms with E-state index in [1.54, 1.807) is 4.42 Å². The fourth-order valence-electron chi connectivity index (χ4n) is 1.76. The van der Waals surface area contributed by atoms with Crippen LogP contribution in [0.5, 0.6) is 0 Å². The number of halogens is 1. The second-order valence-corrected chi connectivity index (χ2v) is 5.02. The number of aliphatic imine (C=N–C) groups is 1. The summed E-state index contributed by atoms with van der Waals surface area (Å²) in [6.07, 6.45) is 7.85. The van der Waals surface area contributed by atoms with Crippen LogP contribution >= 0.6 is 11.8 Å². The first-order valence-corrected chi connectivity index (χ1v) is 6.94. The molecule has 0 unspecified atom stereocenters. The topological polar surface area (TPSA) is 15.6 Å². The zero-order valence-electron chi connectivity index (χ0n) is 11.9. The van der Waals surface area contributed by atoms with Gasteiger partial charge in [0.1, 0.15) is 0 Å². The standard InChI is InChI=1S/C16H21ClN2/c1-5-7-8-14(4)18-16-10-9-15(12-13(16)3)19(17)11-6-2/h1,9-10,12H,6-8,11H2,2-4H3. The molecule has 0 aromatic heterocycles. The van der Waals surface area contributed by atoms with Crippen LogP contribution in [0.3, 0.4) is 0 Å². The Balaban J connectivity index is 2.86. The molecule has 0 radical (unpaired) electrons. The molecule has 0 spiro atoms. The predicted molar refractivity (Wildman–Crippen MR) is 85.5 cm³/mol. The van der Waals surface area contributed by atoms with E-state index in [1.807, 2.05) is 26.0 Å². The van der Waals surface area contributed by atoms with E-state index in [1.165, 1.54) is 0 Å². The zero-order chi connectivity index (χ0) is 14.3. The third kappa shape index (κ3) is 4.96. The molecule has 0 aliphatic carbocycles. The van der Waals surface area contributed by atoms with Gasteiger partial charge in [0, 0.05) is 30.5 Å². The Labute approximate surface area is 121 Å². The Hall–Kier alpha value is -1.46. The van der Waals surface area contributed by atoms with E-state index in [2.05, 4.69) is 23.9 Å². The number of hydrogen-bond donors (Lipinski definition) is 0. The Morgan fingerprint density at radius 1 is 1.47 bits per heavy atom. The summed E-state index contributed by atoms with van der Waals surface area (Å²) >= 11 is 6.18. The van der Waals surface area contributed by atoms with Crippen LogP contribution < -0.4 is 4.42 Å². The molecule has 2 nitrogen and oxygen atoms in total. The molecule has 3 heteroatoms. The van der Waals surface area contributed by atoms with Crippen molar-refractivity contribution >= 4 is 28.9 Å². The van der Waals surface area contributed by atoms with Crippen LogP contribution in [0.2, 0.25) is 0 Å². The molecular formula is C16H21ClN2. The summed E-state index contributed by atoms with van der Waals surface area (Å²) in [5.41, 5.74) is 4.19. The van der Waals surface area contributed by atoms with Gasteiger partial charge in [0.05, 0.1) is 11.4 Å². The van der Waals surface area contributed by atoms with Crippen molar-refractivity contribution in [2.24, 2.45) is 4.99 Å². The van der Waals surface area contributed by atoms with Gasteiger partial charge in [-0.1, -0.05) is 6.92 Å². The molecule has 1 aromatic carbocycles. The van der Waals surface area contributed by atoms with Crippen LogP contribution in [0.4, 0.5) is 11.4 Å². The maximum Gasteiger partial charge on any atom is 0.0659 e. The monoisotopic (exact) mass is 276 g/mol. The molecule has 0 fully saturated rings. The van der Waals surface area contributed by atoms with Crippen molar-refractivity contribution in [3.8, 4) is 12.3 Å². The van der Waals surface area contributed by atoms with E-state index in [9.17, 15) is 0 Å². The highest BCUT2D eigenvalue weighted by molar-refractivity contribution is 6.25. The number of terminal acetylenes is 1. The van der Waals surface area contributed by atoms with Crippen molar-refractivity contribution in [2.45, 2.75) is 40.0 Å². The summed E-state index contributed by atoms with van der Waals surface area (Å²) in [5.74, 6) is 2.63. The maximum atomic E-state index is 6.18. The van der Waals surface area contributed by atoms with Crippen LogP contribution in [0.1, 0.15) is 38.7 Å². The molecule has 102 valence electrons. The summed E-state index contributed by atoms with van der Waals surface area (Å²) in [5, 5.41) is 0. The molecule has 19 heavy (non-hydrogen) atoms.